The molecule has 0 aromatic heterocycles. The summed E-state index contributed by atoms with van der Waals surface area (Å²) in [5.74, 6) is -1.98. The third-order valence-corrected chi connectivity index (χ3v) is 7.11. The molecule has 154 valence electrons. The Bertz CT molecular complexity index is 1040. The van der Waals surface area contributed by atoms with Crippen molar-refractivity contribution in [1.29, 1.82) is 0 Å². The molecule has 1 unspecified atom stereocenters. The van der Waals surface area contributed by atoms with Gasteiger partial charge in [0.15, 0.2) is 17.3 Å². The van der Waals surface area contributed by atoms with Gasteiger partial charge in [0.1, 0.15) is 6.04 Å². The molecule has 1 atom stereocenters. The van der Waals surface area contributed by atoms with E-state index in [1.54, 1.807) is 0 Å². The Morgan fingerprint density at radius 2 is 1.83 bits per heavy atom. The van der Waals surface area contributed by atoms with E-state index in [0.29, 0.717) is 22.9 Å². The van der Waals surface area contributed by atoms with Crippen molar-refractivity contribution in [2.24, 2.45) is 0 Å². The number of benzene rings is 2. The summed E-state index contributed by atoms with van der Waals surface area (Å²) in [5.41, 5.74) is 0.393. The Kier molecular flexibility index (Phi) is 6.50. The number of sulfonamides is 1. The predicted molar refractivity (Wildman–Crippen MR) is 108 cm³/mol. The van der Waals surface area contributed by atoms with Crippen molar-refractivity contribution in [3.8, 4) is 5.75 Å². The topological polar surface area (TPSA) is 80.8 Å². The van der Waals surface area contributed by atoms with Gasteiger partial charge in [-0.2, -0.15) is 4.31 Å². The summed E-state index contributed by atoms with van der Waals surface area (Å²) in [6, 6.07) is 8.50. The molecule has 2 aromatic carbocycles. The first kappa shape index (κ1) is 21.6. The van der Waals surface area contributed by atoms with Gasteiger partial charge >= 0.3 is 5.97 Å². The molecule has 0 radical (unpaired) electrons. The molecule has 1 aliphatic rings. The molecule has 0 amide bonds. The van der Waals surface area contributed by atoms with E-state index in [1.165, 1.54) is 43.3 Å². The number of carbonyl (C=O) groups is 2. The minimum Gasteiger partial charge on any atom is -0.422 e. The van der Waals surface area contributed by atoms with Crippen molar-refractivity contribution >= 4 is 37.7 Å². The number of piperidine rings is 1. The average Bonchev–Trinajstić information content (AvgIpc) is 2.70. The van der Waals surface area contributed by atoms with Gasteiger partial charge < -0.3 is 4.74 Å². The molecule has 6 nitrogen and oxygen atoms in total. The van der Waals surface area contributed by atoms with Crippen LogP contribution in [-0.2, 0) is 14.8 Å². The number of ether oxygens (including phenoxy) is 1. The van der Waals surface area contributed by atoms with Crippen LogP contribution in [0, 0.1) is 5.82 Å². The maximum atomic E-state index is 14.0. The van der Waals surface area contributed by atoms with Gasteiger partial charge in [0, 0.05) is 16.6 Å². The molecule has 2 aromatic rings. The lowest BCUT2D eigenvalue weighted by Gasteiger charge is -2.33. The first-order chi connectivity index (χ1) is 13.7. The van der Waals surface area contributed by atoms with Gasteiger partial charge in [-0.1, -0.05) is 28.1 Å². The largest absolute Gasteiger partial charge is 0.422 e. The summed E-state index contributed by atoms with van der Waals surface area (Å²) in [5, 5.41) is 0. The molecule has 1 fully saturated rings. The normalized spacial score (nSPS) is 17.7. The number of esters is 1. The molecule has 9 heteroatoms. The highest BCUT2D eigenvalue weighted by Crippen LogP contribution is 2.28. The van der Waals surface area contributed by atoms with E-state index in [9.17, 15) is 22.4 Å². The Labute approximate surface area is 176 Å². The smallest absolute Gasteiger partial charge is 0.329 e. The van der Waals surface area contributed by atoms with Crippen molar-refractivity contribution in [2.45, 2.75) is 37.1 Å². The number of ketones is 1. The molecule has 1 saturated heterocycles. The Morgan fingerprint density at radius 3 is 2.45 bits per heavy atom. The van der Waals surface area contributed by atoms with Crippen LogP contribution in [0.1, 0.15) is 36.5 Å². The molecule has 0 aliphatic carbocycles. The quantitative estimate of drug-likeness (QED) is 0.365. The van der Waals surface area contributed by atoms with Crippen LogP contribution in [0.3, 0.4) is 0 Å². The van der Waals surface area contributed by atoms with Crippen LogP contribution in [0.4, 0.5) is 4.39 Å². The molecule has 0 N–H and O–H groups in total. The summed E-state index contributed by atoms with van der Waals surface area (Å²) < 4.78 is 47.0. The van der Waals surface area contributed by atoms with Crippen molar-refractivity contribution < 1.29 is 27.1 Å². The number of carbonyl (C=O) groups excluding carboxylic acids is 2. The first-order valence-corrected chi connectivity index (χ1v) is 11.2. The summed E-state index contributed by atoms with van der Waals surface area (Å²) in [6.07, 6.45) is 1.53. The number of Topliss-reactive ketones (excluding diaryl/α,β-unsaturated/α-hetero) is 1. The van der Waals surface area contributed by atoms with Crippen molar-refractivity contribution in [2.75, 3.05) is 6.54 Å². The minimum atomic E-state index is -3.99. The number of halogens is 2. The van der Waals surface area contributed by atoms with Crippen LogP contribution in [0.2, 0.25) is 0 Å². The van der Waals surface area contributed by atoms with Crippen molar-refractivity contribution in [3.63, 3.8) is 0 Å². The number of hydrogen-bond acceptors (Lipinski definition) is 5. The molecule has 1 heterocycles. The predicted octanol–water partition coefficient (Wildman–Crippen LogP) is 3.94. The maximum absolute atomic E-state index is 14.0. The fourth-order valence-electron chi connectivity index (χ4n) is 3.16. The highest BCUT2D eigenvalue weighted by Gasteiger charge is 2.39. The van der Waals surface area contributed by atoms with E-state index in [4.69, 9.17) is 4.74 Å². The third-order valence-electron chi connectivity index (χ3n) is 4.70. The van der Waals surface area contributed by atoms with Crippen LogP contribution in [0.25, 0.3) is 0 Å². The van der Waals surface area contributed by atoms with Crippen molar-refractivity contribution in [1.82, 2.24) is 4.31 Å². The number of hydrogen-bond donors (Lipinski definition) is 0. The average molecular weight is 484 g/mol. The van der Waals surface area contributed by atoms with Gasteiger partial charge in [-0.15, -0.1) is 0 Å². The summed E-state index contributed by atoms with van der Waals surface area (Å²) in [7, 11) is -3.99. The fraction of sp³-hybridized carbons (Fsp3) is 0.300. The van der Waals surface area contributed by atoms with E-state index in [-0.39, 0.29) is 29.4 Å². The van der Waals surface area contributed by atoms with Crippen LogP contribution in [0.5, 0.6) is 5.75 Å². The lowest BCUT2D eigenvalue weighted by atomic mass is 10.1. The second-order valence-corrected chi connectivity index (χ2v) is 9.51. The van der Waals surface area contributed by atoms with E-state index in [2.05, 4.69) is 15.9 Å². The van der Waals surface area contributed by atoms with E-state index in [0.717, 1.165) is 10.4 Å². The van der Waals surface area contributed by atoms with Gasteiger partial charge in [-0.3, -0.25) is 4.79 Å². The fourth-order valence-corrected chi connectivity index (χ4v) is 5.14. The van der Waals surface area contributed by atoms with E-state index >= 15 is 0 Å². The zero-order chi connectivity index (χ0) is 21.2. The lowest BCUT2D eigenvalue weighted by Crippen LogP contribution is -2.49. The van der Waals surface area contributed by atoms with Gasteiger partial charge in [0.25, 0.3) is 0 Å². The van der Waals surface area contributed by atoms with Gasteiger partial charge in [0.2, 0.25) is 10.0 Å². The van der Waals surface area contributed by atoms with Crippen LogP contribution >= 0.6 is 15.9 Å². The van der Waals surface area contributed by atoms with E-state index in [1.807, 2.05) is 0 Å². The molecule has 3 rings (SSSR count). The summed E-state index contributed by atoms with van der Waals surface area (Å²) in [4.78, 5) is 24.1. The molecular weight excluding hydrogens is 465 g/mol. The van der Waals surface area contributed by atoms with Gasteiger partial charge in [-0.25, -0.2) is 17.6 Å². The highest BCUT2D eigenvalue weighted by molar-refractivity contribution is 9.10. The second-order valence-electron chi connectivity index (χ2n) is 6.70. The molecule has 29 heavy (non-hydrogen) atoms. The minimum absolute atomic E-state index is 0.0166. The van der Waals surface area contributed by atoms with E-state index < -0.39 is 27.9 Å². The molecule has 0 bridgehead atoms. The van der Waals surface area contributed by atoms with Crippen LogP contribution < -0.4 is 4.74 Å². The Hall–Kier alpha value is -2.10. The van der Waals surface area contributed by atoms with Crippen molar-refractivity contribution in [3.05, 3.63) is 58.3 Å². The molecule has 0 saturated carbocycles. The monoisotopic (exact) mass is 483 g/mol. The van der Waals surface area contributed by atoms with Gasteiger partial charge in [0.05, 0.1) is 4.90 Å². The zero-order valence-corrected chi connectivity index (χ0v) is 18.0. The second kappa shape index (κ2) is 8.73. The highest BCUT2D eigenvalue weighted by atomic mass is 79.9. The maximum Gasteiger partial charge on any atom is 0.329 e. The summed E-state index contributed by atoms with van der Waals surface area (Å²) in [6.45, 7) is 1.54. The Balaban J connectivity index is 1.86. The molecular formula is C20H19BrFNO5S. The Morgan fingerprint density at radius 1 is 1.14 bits per heavy atom. The van der Waals surface area contributed by atoms with Crippen LogP contribution in [-0.4, -0.2) is 37.1 Å². The third kappa shape index (κ3) is 4.73. The lowest BCUT2D eigenvalue weighted by molar-refractivity contribution is -0.139. The van der Waals surface area contributed by atoms with Gasteiger partial charge in [-0.05, 0) is 56.5 Å². The first-order valence-electron chi connectivity index (χ1n) is 9.00. The standard InChI is InChI=1S/C20H19BrFNO5S/c1-13(24)14-5-8-16(9-6-14)29(26,27)23-11-3-2-4-18(23)20(25)28-19-10-7-15(21)12-17(19)22/h5-10,12,18H,2-4,11H2,1H3. The summed E-state index contributed by atoms with van der Waals surface area (Å²) >= 11 is 3.13. The zero-order valence-electron chi connectivity index (χ0n) is 15.6. The van der Waals surface area contributed by atoms with Crippen LogP contribution in [0.15, 0.2) is 51.8 Å². The number of rotatable bonds is 5. The SMILES string of the molecule is CC(=O)c1ccc(S(=O)(=O)N2CCCCC2C(=O)Oc2ccc(Br)cc2F)cc1. The molecule has 0 spiro atoms. The number of nitrogens with zero attached hydrogens (tertiary/aromatic N) is 1. The molecule has 1 aliphatic heterocycles.